The minimum Gasteiger partial charge on any atom is -0.477 e. The molecule has 29 heavy (non-hydrogen) atoms. The molecular weight excluding hydrogens is 395 g/mol. The van der Waals surface area contributed by atoms with Crippen molar-refractivity contribution in [1.82, 2.24) is 15.2 Å². The minimum atomic E-state index is -5.08. The summed E-state index contributed by atoms with van der Waals surface area (Å²) in [7, 11) is 0. The van der Waals surface area contributed by atoms with Gasteiger partial charge in [-0.1, -0.05) is 18.2 Å². The summed E-state index contributed by atoms with van der Waals surface area (Å²) in [5, 5.41) is 19.8. The minimum absolute atomic E-state index is 0.0408. The first-order chi connectivity index (χ1) is 13.6. The number of allylic oxidation sites excluding steroid dienone is 1. The van der Waals surface area contributed by atoms with Gasteiger partial charge in [0.15, 0.2) is 0 Å². The molecule has 0 aromatic carbocycles. The van der Waals surface area contributed by atoms with Crippen molar-refractivity contribution < 1.29 is 37.8 Å². The van der Waals surface area contributed by atoms with Gasteiger partial charge in [-0.3, -0.25) is 14.7 Å². The number of carbonyl (C=O) groups is 3. The fourth-order valence-electron chi connectivity index (χ4n) is 3.70. The number of alkyl halides is 3. The normalized spacial score (nSPS) is 25.3. The summed E-state index contributed by atoms with van der Waals surface area (Å²) in [4.78, 5) is 38.1. The van der Waals surface area contributed by atoms with Crippen LogP contribution in [0.2, 0.25) is 0 Å². The maximum atomic E-state index is 12.1. The number of hydrogen-bond donors (Lipinski definition) is 3. The quantitative estimate of drug-likeness (QED) is 0.641. The largest absolute Gasteiger partial charge is 0.490 e. The zero-order valence-corrected chi connectivity index (χ0v) is 14.8. The van der Waals surface area contributed by atoms with E-state index in [0.717, 1.165) is 24.1 Å². The maximum absolute atomic E-state index is 12.1. The summed E-state index contributed by atoms with van der Waals surface area (Å²) in [6, 6.07) is 3.47. The van der Waals surface area contributed by atoms with E-state index in [1.165, 1.54) is 4.90 Å². The van der Waals surface area contributed by atoms with E-state index >= 15 is 0 Å². The van der Waals surface area contributed by atoms with E-state index in [-0.39, 0.29) is 29.6 Å². The Hall–Kier alpha value is -3.21. The summed E-state index contributed by atoms with van der Waals surface area (Å²) in [6.45, 7) is 0.739. The van der Waals surface area contributed by atoms with Gasteiger partial charge in [0.2, 0.25) is 5.91 Å². The van der Waals surface area contributed by atoms with E-state index in [4.69, 9.17) is 9.90 Å². The van der Waals surface area contributed by atoms with Crippen LogP contribution in [-0.4, -0.2) is 62.7 Å². The summed E-state index contributed by atoms with van der Waals surface area (Å²) in [6.07, 6.45) is 2.86. The number of carboxylic acids is 2. The first-order valence-electron chi connectivity index (χ1n) is 8.55. The molecule has 0 saturated carbocycles. The van der Waals surface area contributed by atoms with E-state index < -0.39 is 18.1 Å². The molecule has 0 radical (unpaired) electrons. The molecular formula is C18H16F3N3O5. The summed E-state index contributed by atoms with van der Waals surface area (Å²) >= 11 is 0. The molecule has 1 aromatic rings. The Morgan fingerprint density at radius 3 is 2.52 bits per heavy atom. The Labute approximate surface area is 162 Å². The van der Waals surface area contributed by atoms with Gasteiger partial charge in [-0.2, -0.15) is 13.2 Å². The van der Waals surface area contributed by atoms with Crippen molar-refractivity contribution in [3.8, 4) is 0 Å². The van der Waals surface area contributed by atoms with E-state index in [1.807, 2.05) is 24.3 Å². The Morgan fingerprint density at radius 1 is 1.28 bits per heavy atom. The third kappa shape index (κ3) is 3.86. The average Bonchev–Trinajstić information content (AvgIpc) is 3.00. The van der Waals surface area contributed by atoms with Crippen molar-refractivity contribution in [1.29, 1.82) is 0 Å². The summed E-state index contributed by atoms with van der Waals surface area (Å²) in [5.74, 6) is -3.82. The molecule has 3 aliphatic rings. The third-order valence-corrected chi connectivity index (χ3v) is 4.87. The van der Waals surface area contributed by atoms with Crippen LogP contribution in [-0.2, 0) is 14.4 Å². The van der Waals surface area contributed by atoms with Crippen molar-refractivity contribution in [2.45, 2.75) is 24.7 Å². The lowest BCUT2D eigenvalue weighted by Gasteiger charge is -2.48. The fraction of sp³-hybridized carbons (Fsp3) is 0.333. The van der Waals surface area contributed by atoms with Crippen LogP contribution in [0.15, 0.2) is 41.9 Å². The summed E-state index contributed by atoms with van der Waals surface area (Å²) in [5.41, 5.74) is 1.80. The molecule has 4 heterocycles. The lowest BCUT2D eigenvalue weighted by Crippen LogP contribution is -2.71. The van der Waals surface area contributed by atoms with Crippen LogP contribution < -0.4 is 5.32 Å². The number of β-lactam (4-membered cyclic amide) rings is 1. The number of hydrogen-bond acceptors (Lipinski definition) is 5. The first-order valence-corrected chi connectivity index (χ1v) is 8.55. The van der Waals surface area contributed by atoms with Gasteiger partial charge >= 0.3 is 18.1 Å². The predicted molar refractivity (Wildman–Crippen MR) is 92.2 cm³/mol. The van der Waals surface area contributed by atoms with Crippen LogP contribution in [0.3, 0.4) is 0 Å². The standard InChI is InChI=1S/C16H15N3O3.C2HF3O2/c20-15-12-13-11(5-7-18-12)10(14(16(21)22)19(13)15)4-3-9-2-1-6-17-8-9;3-2(4,5)1(6)7/h1-4,6,8,11-13,18H,5,7H2,(H,21,22);(H,6,7)/b4-3+;/t11?,12-,13+;/m0./s1. The van der Waals surface area contributed by atoms with Crippen LogP contribution >= 0.6 is 0 Å². The number of halogens is 3. The molecule has 3 aliphatic heterocycles. The molecule has 2 saturated heterocycles. The zero-order valence-electron chi connectivity index (χ0n) is 14.8. The molecule has 4 rings (SSSR count). The molecule has 3 atom stereocenters. The Balaban J connectivity index is 0.000000298. The molecule has 3 N–H and O–H groups in total. The molecule has 1 aromatic heterocycles. The highest BCUT2D eigenvalue weighted by Gasteiger charge is 2.60. The second-order valence-corrected chi connectivity index (χ2v) is 6.56. The number of nitrogens with zero attached hydrogens (tertiary/aromatic N) is 2. The molecule has 0 bridgehead atoms. The van der Waals surface area contributed by atoms with Crippen molar-refractivity contribution >= 4 is 23.9 Å². The monoisotopic (exact) mass is 411 g/mol. The van der Waals surface area contributed by atoms with Crippen LogP contribution in [0.25, 0.3) is 6.08 Å². The van der Waals surface area contributed by atoms with Gasteiger partial charge in [0.25, 0.3) is 0 Å². The Bertz CT molecular complexity index is 898. The fourth-order valence-corrected chi connectivity index (χ4v) is 3.70. The van der Waals surface area contributed by atoms with Gasteiger partial charge in [-0.25, -0.2) is 9.59 Å². The molecule has 0 spiro atoms. The van der Waals surface area contributed by atoms with Crippen LogP contribution in [0, 0.1) is 5.92 Å². The predicted octanol–water partition coefficient (Wildman–Crippen LogP) is 1.27. The molecule has 1 unspecified atom stereocenters. The van der Waals surface area contributed by atoms with E-state index in [1.54, 1.807) is 12.4 Å². The highest BCUT2D eigenvalue weighted by Crippen LogP contribution is 2.46. The zero-order chi connectivity index (χ0) is 21.3. The number of nitrogens with one attached hydrogen (secondary N) is 1. The number of aliphatic carboxylic acids is 2. The Morgan fingerprint density at radius 2 is 1.97 bits per heavy atom. The second-order valence-electron chi connectivity index (χ2n) is 6.56. The number of carbonyl (C=O) groups excluding carboxylic acids is 1. The second kappa shape index (κ2) is 7.66. The van der Waals surface area contributed by atoms with Crippen molar-refractivity contribution in [3.63, 3.8) is 0 Å². The van der Waals surface area contributed by atoms with E-state index in [2.05, 4.69) is 10.3 Å². The topological polar surface area (TPSA) is 120 Å². The third-order valence-electron chi connectivity index (χ3n) is 4.87. The smallest absolute Gasteiger partial charge is 0.477 e. The Kier molecular flexibility index (Phi) is 5.42. The average molecular weight is 411 g/mol. The lowest BCUT2D eigenvalue weighted by molar-refractivity contribution is -0.192. The van der Waals surface area contributed by atoms with Gasteiger partial charge < -0.3 is 15.5 Å². The van der Waals surface area contributed by atoms with Gasteiger partial charge in [0, 0.05) is 18.3 Å². The molecule has 1 amide bonds. The number of amides is 1. The SMILES string of the molecule is O=C(O)C(F)(F)F.O=C(O)C1=C(/C=C/c2cccnc2)C2CCN[C@@H]3C(=O)N1[C@H]23. The number of piperidine rings is 1. The van der Waals surface area contributed by atoms with Gasteiger partial charge in [-0.15, -0.1) is 0 Å². The lowest BCUT2D eigenvalue weighted by atomic mass is 9.79. The molecule has 11 heteroatoms. The van der Waals surface area contributed by atoms with Crippen molar-refractivity contribution in [2.75, 3.05) is 6.54 Å². The summed E-state index contributed by atoms with van der Waals surface area (Å²) < 4.78 is 31.7. The van der Waals surface area contributed by atoms with Gasteiger partial charge in [0.1, 0.15) is 11.7 Å². The van der Waals surface area contributed by atoms with Crippen LogP contribution in [0.4, 0.5) is 13.2 Å². The molecule has 0 aliphatic carbocycles. The molecule has 2 fully saturated rings. The van der Waals surface area contributed by atoms with Crippen LogP contribution in [0.5, 0.6) is 0 Å². The maximum Gasteiger partial charge on any atom is 0.490 e. The van der Waals surface area contributed by atoms with Gasteiger partial charge in [-0.05, 0) is 30.2 Å². The highest BCUT2D eigenvalue weighted by atomic mass is 19.4. The number of carboxylic acid groups (broad SMARTS) is 2. The van der Waals surface area contributed by atoms with E-state index in [0.29, 0.717) is 0 Å². The first kappa shape index (κ1) is 20.5. The number of rotatable bonds is 3. The van der Waals surface area contributed by atoms with Crippen molar-refractivity contribution in [2.24, 2.45) is 5.92 Å². The highest BCUT2D eigenvalue weighted by molar-refractivity contribution is 6.02. The van der Waals surface area contributed by atoms with Crippen molar-refractivity contribution in [3.05, 3.63) is 47.4 Å². The van der Waals surface area contributed by atoms with Crippen LogP contribution in [0.1, 0.15) is 12.0 Å². The molecule has 8 nitrogen and oxygen atoms in total. The van der Waals surface area contributed by atoms with Gasteiger partial charge in [0.05, 0.1) is 6.04 Å². The molecule has 154 valence electrons. The number of aromatic nitrogens is 1. The van der Waals surface area contributed by atoms with E-state index in [9.17, 15) is 27.9 Å². The number of pyridine rings is 1.